The molecule has 0 spiro atoms. The third-order valence-electron chi connectivity index (χ3n) is 3.74. The molecule has 0 aliphatic heterocycles. The van der Waals surface area contributed by atoms with Crippen LogP contribution in [0.25, 0.3) is 0 Å². The van der Waals surface area contributed by atoms with Crippen molar-refractivity contribution in [3.05, 3.63) is 29.8 Å². The predicted octanol–water partition coefficient (Wildman–Crippen LogP) is 3.60. The molecule has 23 heavy (non-hydrogen) atoms. The van der Waals surface area contributed by atoms with Crippen molar-refractivity contribution in [1.82, 2.24) is 10.6 Å². The highest BCUT2D eigenvalue weighted by Gasteiger charge is 2.21. The second kappa shape index (κ2) is 8.29. The van der Waals surface area contributed by atoms with E-state index in [1.807, 2.05) is 0 Å². The monoisotopic (exact) mass is 342 g/mol. The van der Waals surface area contributed by atoms with Crippen molar-refractivity contribution in [3.63, 3.8) is 0 Å². The summed E-state index contributed by atoms with van der Waals surface area (Å²) in [7, 11) is 0. The molecular formula is C16H20F2N2O2S. The molecule has 1 aliphatic rings. The fraction of sp³-hybridized carbons (Fsp3) is 0.500. The molecule has 2 rings (SSSR count). The molecule has 1 saturated carbocycles. The minimum absolute atomic E-state index is 0.0420. The quantitative estimate of drug-likeness (QED) is 0.822. The maximum Gasteiger partial charge on any atom is 0.321 e. The second-order valence-electron chi connectivity index (χ2n) is 5.63. The molecule has 0 bridgehead atoms. The largest absolute Gasteiger partial charge is 0.335 e. The van der Waals surface area contributed by atoms with Crippen molar-refractivity contribution in [2.24, 2.45) is 0 Å². The Hall–Kier alpha value is -1.63. The zero-order valence-corrected chi connectivity index (χ0v) is 13.7. The van der Waals surface area contributed by atoms with Crippen molar-refractivity contribution in [1.29, 1.82) is 0 Å². The molecule has 1 aromatic rings. The molecule has 4 nitrogen and oxygen atoms in total. The van der Waals surface area contributed by atoms with Gasteiger partial charge in [0.2, 0.25) is 5.91 Å². The minimum atomic E-state index is -0.719. The van der Waals surface area contributed by atoms with Crippen LogP contribution in [0.4, 0.5) is 13.6 Å². The fourth-order valence-corrected chi connectivity index (χ4v) is 3.40. The highest BCUT2D eigenvalue weighted by atomic mass is 32.2. The predicted molar refractivity (Wildman–Crippen MR) is 85.2 cm³/mol. The van der Waals surface area contributed by atoms with Gasteiger partial charge < -0.3 is 5.32 Å². The number of amides is 3. The van der Waals surface area contributed by atoms with E-state index in [4.69, 9.17) is 0 Å². The topological polar surface area (TPSA) is 58.2 Å². The first-order valence-corrected chi connectivity index (χ1v) is 8.56. The van der Waals surface area contributed by atoms with Gasteiger partial charge in [-0.2, -0.15) is 0 Å². The summed E-state index contributed by atoms with van der Waals surface area (Å²) < 4.78 is 26.7. The Balaban J connectivity index is 1.84. The van der Waals surface area contributed by atoms with Crippen LogP contribution < -0.4 is 10.6 Å². The Labute approximate surface area is 138 Å². The Kier molecular flexibility index (Phi) is 6.38. The van der Waals surface area contributed by atoms with Gasteiger partial charge in [0.15, 0.2) is 0 Å². The number of carbonyl (C=O) groups excluding carboxylic acids is 2. The van der Waals surface area contributed by atoms with E-state index in [-0.39, 0.29) is 10.9 Å². The molecule has 1 aliphatic carbocycles. The highest BCUT2D eigenvalue weighted by molar-refractivity contribution is 8.00. The van der Waals surface area contributed by atoms with Crippen molar-refractivity contribution < 1.29 is 18.4 Å². The lowest BCUT2D eigenvalue weighted by Gasteiger charge is -2.23. The number of hydrogen-bond acceptors (Lipinski definition) is 3. The van der Waals surface area contributed by atoms with Crippen LogP contribution in [-0.2, 0) is 4.79 Å². The summed E-state index contributed by atoms with van der Waals surface area (Å²) in [6.07, 6.45) is 5.15. The van der Waals surface area contributed by atoms with Gasteiger partial charge in [-0.1, -0.05) is 19.3 Å². The molecule has 3 amide bonds. The second-order valence-corrected chi connectivity index (χ2v) is 7.02. The maximum absolute atomic E-state index is 13.6. The fourth-order valence-electron chi connectivity index (χ4n) is 2.49. The van der Waals surface area contributed by atoms with E-state index in [0.717, 1.165) is 55.6 Å². The average Bonchev–Trinajstić information content (AvgIpc) is 2.51. The number of imide groups is 1. The van der Waals surface area contributed by atoms with E-state index in [1.165, 1.54) is 13.3 Å². The third kappa shape index (κ3) is 5.49. The summed E-state index contributed by atoms with van der Waals surface area (Å²) in [6.45, 7) is 1.54. The summed E-state index contributed by atoms with van der Waals surface area (Å²) in [4.78, 5) is 23.8. The molecule has 1 fully saturated rings. The van der Waals surface area contributed by atoms with Gasteiger partial charge in [-0.3, -0.25) is 10.1 Å². The van der Waals surface area contributed by atoms with Crippen LogP contribution in [0, 0.1) is 11.6 Å². The molecule has 0 unspecified atom stereocenters. The number of hydrogen-bond donors (Lipinski definition) is 2. The SMILES string of the molecule is C[C@@H](Sc1cc(F)ccc1F)C(=O)NC(=O)NC1CCCCC1. The summed E-state index contributed by atoms with van der Waals surface area (Å²) in [5, 5.41) is 4.31. The number of nitrogens with one attached hydrogen (secondary N) is 2. The summed E-state index contributed by atoms with van der Waals surface area (Å²) in [6, 6.07) is 2.63. The van der Waals surface area contributed by atoms with Gasteiger partial charge in [-0.05, 0) is 38.0 Å². The van der Waals surface area contributed by atoms with E-state index < -0.39 is 28.8 Å². The van der Waals surface area contributed by atoms with Crippen LogP contribution in [-0.4, -0.2) is 23.2 Å². The molecule has 0 heterocycles. The van der Waals surface area contributed by atoms with Crippen LogP contribution >= 0.6 is 11.8 Å². The van der Waals surface area contributed by atoms with E-state index in [2.05, 4.69) is 10.6 Å². The molecule has 1 aromatic carbocycles. The molecule has 7 heteroatoms. The van der Waals surface area contributed by atoms with Crippen LogP contribution in [0.3, 0.4) is 0 Å². The van der Waals surface area contributed by atoms with Gasteiger partial charge in [0.05, 0.1) is 5.25 Å². The number of urea groups is 1. The number of rotatable bonds is 4. The van der Waals surface area contributed by atoms with Crippen molar-refractivity contribution in [3.8, 4) is 0 Å². The molecule has 0 saturated heterocycles. The molecular weight excluding hydrogens is 322 g/mol. The van der Waals surface area contributed by atoms with Gasteiger partial charge >= 0.3 is 6.03 Å². The molecule has 126 valence electrons. The number of benzene rings is 1. The summed E-state index contributed by atoms with van der Waals surface area (Å²) >= 11 is 0.873. The van der Waals surface area contributed by atoms with E-state index in [9.17, 15) is 18.4 Å². The standard InChI is InChI=1S/C16H20F2N2O2S/c1-10(23-14-9-11(17)7-8-13(14)18)15(21)20-16(22)19-12-5-3-2-4-6-12/h7-10,12H,2-6H2,1H3,(H2,19,20,21,22)/t10-/m1/s1. The van der Waals surface area contributed by atoms with Gasteiger partial charge in [0.25, 0.3) is 0 Å². The number of carbonyl (C=O) groups is 2. The lowest BCUT2D eigenvalue weighted by atomic mass is 9.96. The Bertz CT molecular complexity index is 577. The molecule has 1 atom stereocenters. The first kappa shape index (κ1) is 17.7. The van der Waals surface area contributed by atoms with E-state index >= 15 is 0 Å². The molecule has 0 radical (unpaired) electrons. The summed E-state index contributed by atoms with van der Waals surface area (Å²) in [5.74, 6) is -1.70. The van der Waals surface area contributed by atoms with Gasteiger partial charge in [0, 0.05) is 10.9 Å². The van der Waals surface area contributed by atoms with E-state index in [0.29, 0.717) is 0 Å². The number of thioether (sulfide) groups is 1. The number of halogens is 2. The first-order valence-electron chi connectivity index (χ1n) is 7.69. The van der Waals surface area contributed by atoms with Crippen LogP contribution in [0.15, 0.2) is 23.1 Å². The third-order valence-corrected chi connectivity index (χ3v) is 4.88. The lowest BCUT2D eigenvalue weighted by Crippen LogP contribution is -2.47. The summed E-state index contributed by atoms with van der Waals surface area (Å²) in [5.41, 5.74) is 0. The van der Waals surface area contributed by atoms with Gasteiger partial charge in [-0.15, -0.1) is 11.8 Å². The van der Waals surface area contributed by atoms with Crippen molar-refractivity contribution >= 4 is 23.7 Å². The Morgan fingerprint density at radius 2 is 1.91 bits per heavy atom. The van der Waals surface area contributed by atoms with Crippen LogP contribution in [0.5, 0.6) is 0 Å². The maximum atomic E-state index is 13.6. The first-order chi connectivity index (χ1) is 11.0. The average molecular weight is 342 g/mol. The molecule has 0 aromatic heterocycles. The van der Waals surface area contributed by atoms with Gasteiger partial charge in [0.1, 0.15) is 11.6 Å². The van der Waals surface area contributed by atoms with E-state index in [1.54, 1.807) is 0 Å². The van der Waals surface area contributed by atoms with Crippen LogP contribution in [0.2, 0.25) is 0 Å². The Morgan fingerprint density at radius 1 is 1.22 bits per heavy atom. The normalized spacial score (nSPS) is 16.7. The minimum Gasteiger partial charge on any atom is -0.335 e. The van der Waals surface area contributed by atoms with Crippen molar-refractivity contribution in [2.45, 2.75) is 55.2 Å². The Morgan fingerprint density at radius 3 is 2.61 bits per heavy atom. The molecule has 2 N–H and O–H groups in total. The van der Waals surface area contributed by atoms with Gasteiger partial charge in [-0.25, -0.2) is 13.6 Å². The van der Waals surface area contributed by atoms with Crippen LogP contribution in [0.1, 0.15) is 39.0 Å². The zero-order chi connectivity index (χ0) is 16.8. The van der Waals surface area contributed by atoms with Crippen molar-refractivity contribution in [2.75, 3.05) is 0 Å². The highest BCUT2D eigenvalue weighted by Crippen LogP contribution is 2.26. The lowest BCUT2D eigenvalue weighted by molar-refractivity contribution is -0.119. The smallest absolute Gasteiger partial charge is 0.321 e. The zero-order valence-electron chi connectivity index (χ0n) is 12.9.